The fourth-order valence-corrected chi connectivity index (χ4v) is 5.13. The third-order valence-corrected chi connectivity index (χ3v) is 8.30. The number of carbonyl (C=O) groups excluding carboxylic acids is 1. The molecule has 1 aromatic carbocycles. The molecule has 226 valence electrons. The summed E-state index contributed by atoms with van der Waals surface area (Å²) >= 11 is 3.34. The molecule has 0 radical (unpaired) electrons. The largest absolute Gasteiger partial charge is 0.497 e. The number of rotatable bonds is 9. The second-order valence-corrected chi connectivity index (χ2v) is 13.0. The van der Waals surface area contributed by atoms with Gasteiger partial charge < -0.3 is 18.9 Å². The van der Waals surface area contributed by atoms with E-state index in [2.05, 4.69) is 46.5 Å². The summed E-state index contributed by atoms with van der Waals surface area (Å²) in [6.45, 7) is 10.8. The van der Waals surface area contributed by atoms with E-state index in [4.69, 9.17) is 18.9 Å². The number of benzene rings is 1. The maximum Gasteiger partial charge on any atom is 0.270 e. The van der Waals surface area contributed by atoms with Crippen LogP contribution in [-0.2, 0) is 24.2 Å². The molecule has 13 nitrogen and oxygen atoms in total. The van der Waals surface area contributed by atoms with Crippen LogP contribution < -0.4 is 20.3 Å². The van der Waals surface area contributed by atoms with Crippen LogP contribution in [-0.4, -0.2) is 73.8 Å². The van der Waals surface area contributed by atoms with Gasteiger partial charge in [-0.25, -0.2) is 23.4 Å². The monoisotopic (exact) mass is 656 g/mol. The normalized spacial score (nSPS) is 17.5. The van der Waals surface area contributed by atoms with Gasteiger partial charge in [-0.2, -0.15) is 0 Å². The summed E-state index contributed by atoms with van der Waals surface area (Å²) in [6, 6.07) is 4.32. The number of aryl methyl sites for hydroxylation is 1. The smallest absolute Gasteiger partial charge is 0.270 e. The van der Waals surface area contributed by atoms with Gasteiger partial charge in [-0.05, 0) is 81.2 Å². The van der Waals surface area contributed by atoms with Crippen molar-refractivity contribution >= 4 is 37.8 Å². The Hall–Kier alpha value is -2.85. The SMILES string of the molecule is COc1ccc(Br)c(C(=O)NNC(=NC2COC(C)(C)OC2)NS(=O)(=O)[C@@H](C)[C@@H](OC(C)C)c2ncc(C)cn2)c1. The molecule has 1 aliphatic heterocycles. The number of hydrazine groups is 1. The highest BCUT2D eigenvalue weighted by molar-refractivity contribution is 9.10. The first-order valence-corrected chi connectivity index (χ1v) is 15.3. The number of halogens is 1. The number of amides is 1. The highest BCUT2D eigenvalue weighted by Gasteiger charge is 2.36. The van der Waals surface area contributed by atoms with Crippen molar-refractivity contribution in [2.75, 3.05) is 20.3 Å². The summed E-state index contributed by atoms with van der Waals surface area (Å²) in [5.74, 6) is -0.913. The predicted octanol–water partition coefficient (Wildman–Crippen LogP) is 2.77. The summed E-state index contributed by atoms with van der Waals surface area (Å²) in [4.78, 5) is 26.0. The van der Waals surface area contributed by atoms with Crippen molar-refractivity contribution in [1.29, 1.82) is 0 Å². The van der Waals surface area contributed by atoms with Crippen LogP contribution in [0, 0.1) is 6.92 Å². The van der Waals surface area contributed by atoms with Crippen molar-refractivity contribution in [3.63, 3.8) is 0 Å². The van der Waals surface area contributed by atoms with E-state index < -0.39 is 39.1 Å². The molecular weight excluding hydrogens is 620 g/mol. The van der Waals surface area contributed by atoms with Crippen molar-refractivity contribution in [3.8, 4) is 5.75 Å². The van der Waals surface area contributed by atoms with Crippen LogP contribution in [0.3, 0.4) is 0 Å². The number of aliphatic imine (C=N–C) groups is 1. The zero-order chi connectivity index (χ0) is 30.4. The molecule has 3 rings (SSSR count). The Morgan fingerprint density at radius 2 is 1.78 bits per heavy atom. The van der Waals surface area contributed by atoms with Gasteiger partial charge in [-0.3, -0.25) is 20.4 Å². The molecule has 0 saturated carbocycles. The number of hydrogen-bond donors (Lipinski definition) is 3. The highest BCUT2D eigenvalue weighted by Crippen LogP contribution is 2.25. The molecule has 0 bridgehead atoms. The third kappa shape index (κ3) is 9.33. The Morgan fingerprint density at radius 3 is 2.37 bits per heavy atom. The number of guanidine groups is 1. The Labute approximate surface area is 249 Å². The van der Waals surface area contributed by atoms with Crippen molar-refractivity contribution in [1.82, 2.24) is 25.5 Å². The van der Waals surface area contributed by atoms with Crippen LogP contribution in [0.15, 0.2) is 40.1 Å². The zero-order valence-corrected chi connectivity index (χ0v) is 26.5. The third-order valence-electron chi connectivity index (χ3n) is 5.90. The van der Waals surface area contributed by atoms with Crippen LogP contribution >= 0.6 is 15.9 Å². The second-order valence-electron chi connectivity index (χ2n) is 10.2. The van der Waals surface area contributed by atoms with Gasteiger partial charge in [-0.1, -0.05) is 0 Å². The summed E-state index contributed by atoms with van der Waals surface area (Å²) in [7, 11) is -2.69. The van der Waals surface area contributed by atoms with E-state index in [1.165, 1.54) is 20.1 Å². The summed E-state index contributed by atoms with van der Waals surface area (Å²) in [6.07, 6.45) is 1.89. The number of aromatic nitrogens is 2. The first kappa shape index (κ1) is 32.7. The van der Waals surface area contributed by atoms with Crippen LogP contribution in [0.25, 0.3) is 0 Å². The first-order chi connectivity index (χ1) is 19.2. The quantitative estimate of drug-likeness (QED) is 0.208. The van der Waals surface area contributed by atoms with Crippen LogP contribution in [0.4, 0.5) is 0 Å². The molecule has 1 aromatic heterocycles. The van der Waals surface area contributed by atoms with Crippen molar-refractivity contribution in [3.05, 3.63) is 52.0 Å². The summed E-state index contributed by atoms with van der Waals surface area (Å²) in [5.41, 5.74) is 6.16. The molecule has 15 heteroatoms. The lowest BCUT2D eigenvalue weighted by atomic mass is 10.2. The molecule has 1 amide bonds. The minimum Gasteiger partial charge on any atom is -0.497 e. The van der Waals surface area contributed by atoms with Crippen molar-refractivity contribution in [2.45, 2.75) is 70.8 Å². The number of nitrogens with zero attached hydrogens (tertiary/aromatic N) is 3. The molecule has 2 aromatic rings. The number of carbonyl (C=O) groups is 1. The zero-order valence-electron chi connectivity index (χ0n) is 24.1. The molecule has 0 unspecified atom stereocenters. The predicted molar refractivity (Wildman–Crippen MR) is 156 cm³/mol. The molecule has 2 atom stereocenters. The maximum absolute atomic E-state index is 13.6. The van der Waals surface area contributed by atoms with Gasteiger partial charge in [0.05, 0.1) is 32.0 Å². The van der Waals surface area contributed by atoms with E-state index in [0.29, 0.717) is 10.2 Å². The molecule has 0 spiro atoms. The number of nitrogens with one attached hydrogen (secondary N) is 3. The Bertz CT molecular complexity index is 1330. The van der Waals surface area contributed by atoms with E-state index in [-0.39, 0.29) is 36.7 Å². The van der Waals surface area contributed by atoms with Crippen LogP contribution in [0.2, 0.25) is 0 Å². The average Bonchev–Trinajstić information content (AvgIpc) is 2.91. The van der Waals surface area contributed by atoms with E-state index in [9.17, 15) is 13.2 Å². The van der Waals surface area contributed by atoms with Crippen molar-refractivity contribution < 1.29 is 32.2 Å². The van der Waals surface area contributed by atoms with Crippen LogP contribution in [0.1, 0.15) is 62.5 Å². The maximum atomic E-state index is 13.6. The molecule has 1 saturated heterocycles. The van der Waals surface area contributed by atoms with Gasteiger partial charge >= 0.3 is 0 Å². The minimum atomic E-state index is -4.18. The molecule has 1 fully saturated rings. The van der Waals surface area contributed by atoms with Gasteiger partial charge in [0.25, 0.3) is 5.91 Å². The molecular formula is C26H37BrN6O7S. The van der Waals surface area contributed by atoms with Gasteiger partial charge in [0, 0.05) is 16.9 Å². The number of sulfonamides is 1. The van der Waals surface area contributed by atoms with Gasteiger partial charge in [0.1, 0.15) is 23.1 Å². The molecule has 0 aliphatic carbocycles. The standard InChI is InChI=1S/C26H37BrN6O7S/c1-15(2)40-22(23-28-11-16(3)12-29-23)17(4)41(35,36)33-25(30-18-13-38-26(5,6)39-14-18)32-31-24(34)20-10-19(37-7)8-9-21(20)27/h8-12,15,17-18,22H,13-14H2,1-7H3,(H,31,34)(H2,30,32,33)/t17-,22+/m0/s1. The second kappa shape index (κ2) is 13.9. The Kier molecular flexibility index (Phi) is 11.1. The average molecular weight is 658 g/mol. The Balaban J connectivity index is 1.87. The highest BCUT2D eigenvalue weighted by atomic mass is 79.9. The van der Waals surface area contributed by atoms with E-state index in [1.54, 1.807) is 52.2 Å². The minimum absolute atomic E-state index is 0.168. The summed E-state index contributed by atoms with van der Waals surface area (Å²) < 4.78 is 52.7. The molecule has 2 heterocycles. The number of methoxy groups -OCH3 is 1. The van der Waals surface area contributed by atoms with E-state index in [1.807, 2.05) is 6.92 Å². The van der Waals surface area contributed by atoms with Crippen molar-refractivity contribution in [2.24, 2.45) is 4.99 Å². The van der Waals surface area contributed by atoms with E-state index in [0.717, 1.165) is 5.56 Å². The summed E-state index contributed by atoms with van der Waals surface area (Å²) in [5, 5.41) is -1.15. The van der Waals surface area contributed by atoms with E-state index >= 15 is 0 Å². The fraction of sp³-hybridized carbons (Fsp3) is 0.538. The lowest BCUT2D eigenvalue weighted by Crippen LogP contribution is -2.53. The van der Waals surface area contributed by atoms with Gasteiger partial charge in [0.2, 0.25) is 16.0 Å². The van der Waals surface area contributed by atoms with Gasteiger partial charge in [0.15, 0.2) is 11.6 Å². The molecule has 1 aliphatic rings. The molecule has 3 N–H and O–H groups in total. The lowest BCUT2D eigenvalue weighted by Gasteiger charge is -2.33. The van der Waals surface area contributed by atoms with Crippen LogP contribution in [0.5, 0.6) is 5.75 Å². The first-order valence-electron chi connectivity index (χ1n) is 12.9. The fourth-order valence-electron chi connectivity index (χ4n) is 3.63. The Morgan fingerprint density at radius 1 is 1.15 bits per heavy atom. The van der Waals surface area contributed by atoms with Gasteiger partial charge in [-0.15, -0.1) is 0 Å². The number of ether oxygens (including phenoxy) is 4. The topological polar surface area (TPSA) is 162 Å². The molecule has 41 heavy (non-hydrogen) atoms. The number of hydrogen-bond acceptors (Lipinski definition) is 10. The lowest BCUT2D eigenvalue weighted by molar-refractivity contribution is -0.249.